The Bertz CT molecular complexity index is 1290. The molecule has 0 bridgehead atoms. The van der Waals surface area contributed by atoms with Crippen molar-refractivity contribution < 1.29 is 38.9 Å². The van der Waals surface area contributed by atoms with Crippen molar-refractivity contribution in [1.29, 1.82) is 0 Å². The van der Waals surface area contributed by atoms with E-state index in [0.29, 0.717) is 29.6 Å². The zero-order valence-electron chi connectivity index (χ0n) is 22.5. The van der Waals surface area contributed by atoms with E-state index in [-0.39, 0.29) is 55.6 Å². The Kier molecular flexibility index (Phi) is 9.34. The van der Waals surface area contributed by atoms with Gasteiger partial charge in [-0.2, -0.15) is 0 Å². The number of aldehydes is 1. The van der Waals surface area contributed by atoms with Gasteiger partial charge in [-0.05, 0) is 37.1 Å². The van der Waals surface area contributed by atoms with E-state index in [0.717, 1.165) is 5.56 Å². The van der Waals surface area contributed by atoms with Crippen molar-refractivity contribution in [3.8, 4) is 11.5 Å². The number of benzene rings is 2. The molecule has 10 nitrogen and oxygen atoms in total. The molecule has 2 aromatic carbocycles. The van der Waals surface area contributed by atoms with E-state index >= 15 is 0 Å². The summed E-state index contributed by atoms with van der Waals surface area (Å²) in [5, 5.41) is 23.7. The fourth-order valence-corrected chi connectivity index (χ4v) is 5.33. The number of carbonyl (C=O) groups excluding carboxylic acids is 4. The van der Waals surface area contributed by atoms with Gasteiger partial charge in [0.05, 0.1) is 25.7 Å². The molecule has 40 heavy (non-hydrogen) atoms. The van der Waals surface area contributed by atoms with Crippen molar-refractivity contribution in [2.45, 2.75) is 56.9 Å². The van der Waals surface area contributed by atoms with Gasteiger partial charge in [-0.3, -0.25) is 14.4 Å². The average Bonchev–Trinajstić information content (AvgIpc) is 3.35. The van der Waals surface area contributed by atoms with E-state index in [1.165, 1.54) is 25.0 Å². The fourth-order valence-electron chi connectivity index (χ4n) is 5.33. The first-order chi connectivity index (χ1) is 19.3. The topological polar surface area (TPSA) is 142 Å². The molecule has 0 radical (unpaired) electrons. The van der Waals surface area contributed by atoms with Crippen LogP contribution < -0.4 is 14.8 Å². The number of aliphatic hydroxyl groups excluding tert-OH is 2. The Balaban J connectivity index is 1.78. The predicted octanol–water partition coefficient (Wildman–Crippen LogP) is 1.92. The normalized spacial score (nSPS) is 20.9. The molecule has 10 heteroatoms. The third-order valence-corrected chi connectivity index (χ3v) is 7.21. The molecular formula is C30H34N2O8. The molecule has 0 spiro atoms. The highest BCUT2D eigenvalue weighted by Crippen LogP contribution is 2.51. The molecule has 2 amide bonds. The minimum Gasteiger partial charge on any atom is -0.493 e. The number of hydrogen-bond donors (Lipinski definition) is 3. The molecular weight excluding hydrogens is 516 g/mol. The van der Waals surface area contributed by atoms with Gasteiger partial charge in [-0.1, -0.05) is 30.3 Å². The standard InChI is InChI=1S/C30H34N2O8/c1-18(35)7-6-10-25(36)32(16-19-8-4-3-5-9-19)23-15-22(30(38)31-11-12-33)26-21-13-20(17-34)14-24(39-2)28(21)40-29(26)27(23)37/h3-5,8-9,13-15,17,23,26-27,29,33,37H,6-7,10-12,16H2,1-2H3,(H,31,38). The highest BCUT2D eigenvalue weighted by Gasteiger charge is 2.51. The van der Waals surface area contributed by atoms with Crippen LogP contribution in [-0.2, 0) is 20.9 Å². The van der Waals surface area contributed by atoms with E-state index in [4.69, 9.17) is 9.47 Å². The molecule has 212 valence electrons. The van der Waals surface area contributed by atoms with Crippen LogP contribution >= 0.6 is 0 Å². The Labute approximate surface area is 232 Å². The maximum absolute atomic E-state index is 13.6. The Morgan fingerprint density at radius 1 is 1.15 bits per heavy atom. The van der Waals surface area contributed by atoms with Crippen LogP contribution in [0.3, 0.4) is 0 Å². The van der Waals surface area contributed by atoms with Crippen molar-refractivity contribution in [2.24, 2.45) is 0 Å². The van der Waals surface area contributed by atoms with E-state index in [1.54, 1.807) is 12.1 Å². The van der Waals surface area contributed by atoms with Gasteiger partial charge in [-0.25, -0.2) is 0 Å². The van der Waals surface area contributed by atoms with Gasteiger partial charge in [0.15, 0.2) is 11.5 Å². The molecule has 0 saturated carbocycles. The molecule has 3 N–H and O–H groups in total. The monoisotopic (exact) mass is 550 g/mol. The minimum absolute atomic E-state index is 0.00387. The lowest BCUT2D eigenvalue weighted by atomic mass is 9.77. The van der Waals surface area contributed by atoms with Crippen LogP contribution in [0.2, 0.25) is 0 Å². The summed E-state index contributed by atoms with van der Waals surface area (Å²) in [6.45, 7) is 1.36. The zero-order chi connectivity index (χ0) is 28.8. The van der Waals surface area contributed by atoms with Crippen molar-refractivity contribution in [2.75, 3.05) is 20.3 Å². The highest BCUT2D eigenvalue weighted by molar-refractivity contribution is 5.96. The molecule has 2 aliphatic rings. The van der Waals surface area contributed by atoms with Crippen molar-refractivity contribution in [1.82, 2.24) is 10.2 Å². The number of ether oxygens (including phenoxy) is 2. The second-order valence-electron chi connectivity index (χ2n) is 9.97. The number of amides is 2. The van der Waals surface area contributed by atoms with Gasteiger partial charge in [0, 0.05) is 42.6 Å². The molecule has 1 aliphatic carbocycles. The van der Waals surface area contributed by atoms with Crippen LogP contribution in [0.5, 0.6) is 11.5 Å². The lowest BCUT2D eigenvalue weighted by Crippen LogP contribution is -2.55. The minimum atomic E-state index is -1.24. The molecule has 0 fully saturated rings. The summed E-state index contributed by atoms with van der Waals surface area (Å²) in [7, 11) is 1.43. The summed E-state index contributed by atoms with van der Waals surface area (Å²) in [6, 6.07) is 11.5. The number of rotatable bonds is 12. The van der Waals surface area contributed by atoms with Crippen LogP contribution in [0.4, 0.5) is 0 Å². The summed E-state index contributed by atoms with van der Waals surface area (Å²) < 4.78 is 11.7. The molecule has 2 aromatic rings. The smallest absolute Gasteiger partial charge is 0.247 e. The molecule has 4 atom stereocenters. The number of nitrogens with one attached hydrogen (secondary N) is 1. The molecule has 1 heterocycles. The molecule has 4 rings (SSSR count). The summed E-state index contributed by atoms with van der Waals surface area (Å²) >= 11 is 0. The van der Waals surface area contributed by atoms with Crippen molar-refractivity contribution in [3.05, 3.63) is 70.8 Å². The molecule has 1 aliphatic heterocycles. The van der Waals surface area contributed by atoms with Crippen LogP contribution in [0.25, 0.3) is 0 Å². The van der Waals surface area contributed by atoms with Crippen molar-refractivity contribution >= 4 is 23.9 Å². The van der Waals surface area contributed by atoms with Crippen LogP contribution in [-0.4, -0.2) is 77.5 Å². The van der Waals surface area contributed by atoms with Crippen LogP contribution in [0.15, 0.2) is 54.1 Å². The van der Waals surface area contributed by atoms with E-state index in [2.05, 4.69) is 5.32 Å². The van der Waals surface area contributed by atoms with E-state index < -0.39 is 30.1 Å². The molecule has 0 saturated heterocycles. The third kappa shape index (κ3) is 6.08. The van der Waals surface area contributed by atoms with Crippen LogP contribution in [0.1, 0.15) is 53.6 Å². The number of carbonyl (C=O) groups is 4. The highest BCUT2D eigenvalue weighted by atomic mass is 16.5. The number of aliphatic hydroxyl groups is 2. The maximum Gasteiger partial charge on any atom is 0.247 e. The first-order valence-corrected chi connectivity index (χ1v) is 13.2. The lowest BCUT2D eigenvalue weighted by molar-refractivity contribution is -0.138. The Morgan fingerprint density at radius 3 is 2.55 bits per heavy atom. The quantitative estimate of drug-likeness (QED) is 0.340. The maximum atomic E-state index is 13.6. The first-order valence-electron chi connectivity index (χ1n) is 13.2. The second-order valence-corrected chi connectivity index (χ2v) is 9.97. The summed E-state index contributed by atoms with van der Waals surface area (Å²) in [5.41, 5.74) is 1.89. The number of fused-ring (bicyclic) bond motifs is 3. The summed E-state index contributed by atoms with van der Waals surface area (Å²) in [5.74, 6) is -0.946. The number of Topliss-reactive ketones (excluding diaryl/α,β-unsaturated/α-hetero) is 1. The predicted molar refractivity (Wildman–Crippen MR) is 145 cm³/mol. The Hall–Kier alpha value is -4.02. The lowest BCUT2D eigenvalue weighted by Gasteiger charge is -2.41. The fraction of sp³-hybridized carbons (Fsp3) is 0.400. The first kappa shape index (κ1) is 29.0. The van der Waals surface area contributed by atoms with Gasteiger partial charge in [0.1, 0.15) is 24.3 Å². The molecule has 0 aromatic heterocycles. The summed E-state index contributed by atoms with van der Waals surface area (Å²) in [4.78, 5) is 51.6. The zero-order valence-corrected chi connectivity index (χ0v) is 22.5. The average molecular weight is 551 g/mol. The van der Waals surface area contributed by atoms with Crippen molar-refractivity contribution in [3.63, 3.8) is 0 Å². The third-order valence-electron chi connectivity index (χ3n) is 7.21. The Morgan fingerprint density at radius 2 is 1.90 bits per heavy atom. The van der Waals surface area contributed by atoms with Gasteiger partial charge >= 0.3 is 0 Å². The van der Waals surface area contributed by atoms with Gasteiger partial charge in [-0.15, -0.1) is 0 Å². The number of ketones is 1. The van der Waals surface area contributed by atoms with Gasteiger partial charge in [0.25, 0.3) is 0 Å². The van der Waals surface area contributed by atoms with E-state index in [1.807, 2.05) is 30.3 Å². The van der Waals surface area contributed by atoms with E-state index in [9.17, 15) is 29.4 Å². The molecule has 4 unspecified atom stereocenters. The van der Waals surface area contributed by atoms with Gasteiger partial charge < -0.3 is 34.7 Å². The van der Waals surface area contributed by atoms with Gasteiger partial charge in [0.2, 0.25) is 11.8 Å². The summed E-state index contributed by atoms with van der Waals surface area (Å²) in [6.07, 6.45) is 0.731. The number of nitrogens with zero attached hydrogens (tertiary/aromatic N) is 1. The SMILES string of the molecule is COc1cc(C=O)cc2c1OC1C2C(C(=O)NCCO)=CC(N(Cc2ccccc2)C(=O)CCCC(C)=O)C1O. The second kappa shape index (κ2) is 12.9. The number of methoxy groups -OCH3 is 1. The van der Waals surface area contributed by atoms with Crippen LogP contribution in [0, 0.1) is 0 Å². The number of hydrogen-bond acceptors (Lipinski definition) is 8. The largest absolute Gasteiger partial charge is 0.493 e.